The fourth-order valence-corrected chi connectivity index (χ4v) is 3.59. The molecule has 22 heavy (non-hydrogen) atoms. The minimum Gasteiger partial charge on any atom is -0.444 e. The lowest BCUT2D eigenvalue weighted by molar-refractivity contribution is -0.135. The van der Waals surface area contributed by atoms with Crippen molar-refractivity contribution in [2.75, 3.05) is 7.05 Å². The molecule has 0 spiro atoms. The van der Waals surface area contributed by atoms with Crippen LogP contribution in [0.5, 0.6) is 0 Å². The summed E-state index contributed by atoms with van der Waals surface area (Å²) in [6.07, 6.45) is -3.43. The average molecular weight is 335 g/mol. The quantitative estimate of drug-likeness (QED) is 0.757. The summed E-state index contributed by atoms with van der Waals surface area (Å²) in [4.78, 5) is 13.1. The predicted octanol–water partition coefficient (Wildman–Crippen LogP) is 4.49. The molecule has 0 saturated heterocycles. The summed E-state index contributed by atoms with van der Waals surface area (Å²) in [6, 6.07) is -0.127. The number of rotatable bonds is 1. The van der Waals surface area contributed by atoms with Gasteiger partial charge in [-0.15, -0.1) is 11.3 Å². The molecular weight excluding hydrogens is 315 g/mol. The van der Waals surface area contributed by atoms with Crippen LogP contribution in [-0.2, 0) is 23.8 Å². The van der Waals surface area contributed by atoms with Gasteiger partial charge in [-0.25, -0.2) is 4.79 Å². The van der Waals surface area contributed by atoms with E-state index in [9.17, 15) is 18.0 Å². The third-order valence-corrected chi connectivity index (χ3v) is 4.77. The predicted molar refractivity (Wildman–Crippen MR) is 79.1 cm³/mol. The summed E-state index contributed by atoms with van der Waals surface area (Å²) in [7, 11) is 1.64. The van der Waals surface area contributed by atoms with Crippen molar-refractivity contribution in [3.63, 3.8) is 0 Å². The van der Waals surface area contributed by atoms with Gasteiger partial charge in [0, 0.05) is 13.1 Å². The van der Waals surface area contributed by atoms with Crippen LogP contribution in [0.25, 0.3) is 0 Å². The number of amides is 1. The van der Waals surface area contributed by atoms with E-state index < -0.39 is 22.7 Å². The van der Waals surface area contributed by atoms with Crippen molar-refractivity contribution in [1.29, 1.82) is 0 Å². The number of halogens is 3. The Kier molecular flexibility index (Phi) is 4.48. The molecule has 1 aliphatic carbocycles. The number of hydrogen-bond donors (Lipinski definition) is 0. The topological polar surface area (TPSA) is 29.5 Å². The fourth-order valence-electron chi connectivity index (χ4n) is 2.58. The number of carbonyl (C=O) groups is 1. The third-order valence-electron chi connectivity index (χ3n) is 3.65. The van der Waals surface area contributed by atoms with Crippen molar-refractivity contribution in [3.05, 3.63) is 21.4 Å². The van der Waals surface area contributed by atoms with Crippen LogP contribution in [0.3, 0.4) is 0 Å². The van der Waals surface area contributed by atoms with Crippen LogP contribution in [0.4, 0.5) is 18.0 Å². The highest BCUT2D eigenvalue weighted by Gasteiger charge is 2.38. The number of fused-ring (bicyclic) bond motifs is 1. The van der Waals surface area contributed by atoms with Crippen LogP contribution in [0.15, 0.2) is 5.38 Å². The number of thiophene rings is 1. The van der Waals surface area contributed by atoms with Crippen LogP contribution >= 0.6 is 11.3 Å². The van der Waals surface area contributed by atoms with Gasteiger partial charge < -0.3 is 9.64 Å². The van der Waals surface area contributed by atoms with Gasteiger partial charge in [0.2, 0.25) is 0 Å². The maximum atomic E-state index is 12.9. The highest BCUT2D eigenvalue weighted by Crippen LogP contribution is 2.41. The summed E-state index contributed by atoms with van der Waals surface area (Å²) in [6.45, 7) is 5.35. The second kappa shape index (κ2) is 5.76. The summed E-state index contributed by atoms with van der Waals surface area (Å²) in [5, 5.41) is 1.56. The number of ether oxygens (including phenoxy) is 1. The van der Waals surface area contributed by atoms with Crippen molar-refractivity contribution < 1.29 is 22.7 Å². The van der Waals surface area contributed by atoms with Crippen molar-refractivity contribution in [2.24, 2.45) is 0 Å². The first-order valence-corrected chi connectivity index (χ1v) is 7.99. The second-order valence-electron chi connectivity index (χ2n) is 6.55. The molecule has 0 radical (unpaired) electrons. The first-order chi connectivity index (χ1) is 9.99. The lowest BCUT2D eigenvalue weighted by Gasteiger charge is -2.33. The molecule has 0 N–H and O–H groups in total. The zero-order chi connectivity index (χ0) is 16.7. The van der Waals surface area contributed by atoms with Gasteiger partial charge in [-0.1, -0.05) is 0 Å². The van der Waals surface area contributed by atoms with E-state index in [0.717, 1.165) is 11.3 Å². The first-order valence-electron chi connectivity index (χ1n) is 7.11. The normalized spacial score (nSPS) is 18.8. The first kappa shape index (κ1) is 17.1. The third kappa shape index (κ3) is 3.74. The molecule has 1 aliphatic rings. The molecule has 0 bridgehead atoms. The van der Waals surface area contributed by atoms with Crippen LogP contribution in [0.1, 0.15) is 43.2 Å². The Labute approximate surface area is 132 Å². The van der Waals surface area contributed by atoms with E-state index in [1.54, 1.807) is 33.2 Å². The number of hydrogen-bond acceptors (Lipinski definition) is 3. The maximum absolute atomic E-state index is 12.9. The molecule has 7 heteroatoms. The molecule has 0 aliphatic heterocycles. The zero-order valence-electron chi connectivity index (χ0n) is 13.1. The van der Waals surface area contributed by atoms with E-state index in [1.807, 2.05) is 0 Å². The van der Waals surface area contributed by atoms with E-state index in [4.69, 9.17) is 4.74 Å². The molecule has 0 aromatic carbocycles. The van der Waals surface area contributed by atoms with Gasteiger partial charge in [-0.3, -0.25) is 0 Å². The second-order valence-corrected chi connectivity index (χ2v) is 7.43. The number of likely N-dealkylation sites (N-methyl/N-ethyl adjacent to an activating group) is 1. The Balaban J connectivity index is 2.10. The average Bonchev–Trinajstić information content (AvgIpc) is 2.78. The number of carbonyl (C=O) groups excluding carboxylic acids is 1. The van der Waals surface area contributed by atoms with Crippen LogP contribution in [0, 0.1) is 0 Å². The zero-order valence-corrected chi connectivity index (χ0v) is 13.9. The minimum atomic E-state index is -4.29. The lowest BCUT2D eigenvalue weighted by Crippen LogP contribution is -2.43. The smallest absolute Gasteiger partial charge is 0.425 e. The lowest BCUT2D eigenvalue weighted by atomic mass is 9.89. The van der Waals surface area contributed by atoms with E-state index in [1.165, 1.54) is 4.90 Å². The molecule has 124 valence electrons. The van der Waals surface area contributed by atoms with E-state index in [-0.39, 0.29) is 6.04 Å². The molecule has 1 aromatic rings. The Morgan fingerprint density at radius 1 is 1.36 bits per heavy atom. The van der Waals surface area contributed by atoms with Gasteiger partial charge in [-0.2, -0.15) is 13.2 Å². The number of nitrogens with zero attached hydrogens (tertiary/aromatic N) is 1. The molecule has 1 amide bonds. The van der Waals surface area contributed by atoms with Gasteiger partial charge in [0.25, 0.3) is 0 Å². The molecule has 2 rings (SSSR count). The van der Waals surface area contributed by atoms with Gasteiger partial charge in [0.05, 0.1) is 0 Å². The Hall–Kier alpha value is -1.24. The maximum Gasteiger partial charge on any atom is 0.425 e. The minimum absolute atomic E-state index is 0.127. The summed E-state index contributed by atoms with van der Waals surface area (Å²) in [5.41, 5.74) is 0.507. The van der Waals surface area contributed by atoms with Gasteiger partial charge in [-0.05, 0) is 56.5 Å². The molecule has 3 nitrogen and oxygen atoms in total. The van der Waals surface area contributed by atoms with Gasteiger partial charge in [0.1, 0.15) is 10.5 Å². The molecule has 1 aromatic heterocycles. The van der Waals surface area contributed by atoms with Gasteiger partial charge in [0.15, 0.2) is 0 Å². The molecule has 0 saturated carbocycles. The molecule has 1 unspecified atom stereocenters. The standard InChI is InChI=1S/C15H20F3NO2S/c1-14(2,3)21-13(20)19(4)10-5-6-11-9(7-10)8-22-12(11)15(16,17)18/h8,10H,5-7H2,1-4H3. The fraction of sp³-hybridized carbons (Fsp3) is 0.667. The molecular formula is C15H20F3NO2S. The highest BCUT2D eigenvalue weighted by molar-refractivity contribution is 7.10. The van der Waals surface area contributed by atoms with Crippen LogP contribution in [-0.4, -0.2) is 29.7 Å². The Morgan fingerprint density at radius 3 is 2.55 bits per heavy atom. The molecule has 1 heterocycles. The monoisotopic (exact) mass is 335 g/mol. The Bertz CT molecular complexity index is 560. The summed E-state index contributed by atoms with van der Waals surface area (Å²) < 4.78 is 44.0. The SMILES string of the molecule is CN(C(=O)OC(C)(C)C)C1CCc2c(csc2C(F)(F)F)C1. The van der Waals surface area contributed by atoms with Crippen LogP contribution in [0.2, 0.25) is 0 Å². The highest BCUT2D eigenvalue weighted by atomic mass is 32.1. The van der Waals surface area contributed by atoms with Crippen molar-refractivity contribution in [2.45, 2.75) is 57.9 Å². The summed E-state index contributed by atoms with van der Waals surface area (Å²) in [5.74, 6) is 0. The molecule has 0 fully saturated rings. The van der Waals surface area contributed by atoms with Crippen LogP contribution < -0.4 is 0 Å². The van der Waals surface area contributed by atoms with Crippen molar-refractivity contribution in [3.8, 4) is 0 Å². The summed E-state index contributed by atoms with van der Waals surface area (Å²) >= 11 is 0.745. The Morgan fingerprint density at radius 2 is 2.00 bits per heavy atom. The molecule has 1 atom stereocenters. The van der Waals surface area contributed by atoms with E-state index in [2.05, 4.69) is 0 Å². The van der Waals surface area contributed by atoms with Gasteiger partial charge >= 0.3 is 12.3 Å². The van der Waals surface area contributed by atoms with Crippen molar-refractivity contribution in [1.82, 2.24) is 4.90 Å². The van der Waals surface area contributed by atoms with E-state index in [0.29, 0.717) is 30.4 Å². The number of alkyl halides is 3. The largest absolute Gasteiger partial charge is 0.444 e. The van der Waals surface area contributed by atoms with E-state index >= 15 is 0 Å². The van der Waals surface area contributed by atoms with Crippen molar-refractivity contribution >= 4 is 17.4 Å².